The van der Waals surface area contributed by atoms with Crippen molar-refractivity contribution in [2.45, 2.75) is 17.8 Å². The molecule has 0 saturated heterocycles. The maximum absolute atomic E-state index is 6.50. The van der Waals surface area contributed by atoms with Crippen LogP contribution in [0.5, 0.6) is 0 Å². The molecular weight excluding hydrogens is 304 g/mol. The summed E-state index contributed by atoms with van der Waals surface area (Å²) in [4.78, 5) is 4.31. The lowest BCUT2D eigenvalue weighted by atomic mass is 10.3. The second-order valence-electron chi connectivity index (χ2n) is 4.71. The second-order valence-corrected chi connectivity index (χ2v) is 6.01. The van der Waals surface area contributed by atoms with Gasteiger partial charge in [-0.2, -0.15) is 5.10 Å². The number of thioether (sulfide) groups is 1. The number of aromatic nitrogens is 4. The van der Waals surface area contributed by atoms with E-state index in [0.29, 0.717) is 5.15 Å². The molecular formula is C15H15ClN4S. The Kier molecular flexibility index (Phi) is 4.03. The molecule has 4 nitrogen and oxygen atoms in total. The van der Waals surface area contributed by atoms with Crippen LogP contribution >= 0.6 is 23.4 Å². The van der Waals surface area contributed by atoms with Gasteiger partial charge in [-0.1, -0.05) is 41.6 Å². The van der Waals surface area contributed by atoms with E-state index in [1.165, 1.54) is 0 Å². The predicted molar refractivity (Wildman–Crippen MR) is 86.1 cm³/mol. The minimum atomic E-state index is 0.667. The van der Waals surface area contributed by atoms with E-state index in [2.05, 4.69) is 10.1 Å². The molecule has 2 aromatic heterocycles. The lowest BCUT2D eigenvalue weighted by molar-refractivity contribution is 0.790. The summed E-state index contributed by atoms with van der Waals surface area (Å²) in [5, 5.41) is 6.18. The molecule has 0 aliphatic heterocycles. The van der Waals surface area contributed by atoms with E-state index in [9.17, 15) is 0 Å². The van der Waals surface area contributed by atoms with Crippen molar-refractivity contribution < 1.29 is 0 Å². The number of imidazole rings is 1. The van der Waals surface area contributed by atoms with Crippen LogP contribution in [0.25, 0.3) is 5.69 Å². The van der Waals surface area contributed by atoms with Crippen LogP contribution in [-0.4, -0.2) is 19.3 Å². The van der Waals surface area contributed by atoms with Crippen LogP contribution in [0, 0.1) is 6.92 Å². The summed E-state index contributed by atoms with van der Waals surface area (Å²) in [6.07, 6.45) is 3.73. The molecule has 0 spiro atoms. The van der Waals surface area contributed by atoms with E-state index in [4.69, 9.17) is 11.6 Å². The van der Waals surface area contributed by atoms with Crippen molar-refractivity contribution in [1.29, 1.82) is 0 Å². The summed E-state index contributed by atoms with van der Waals surface area (Å²) < 4.78 is 3.78. The molecule has 108 valence electrons. The van der Waals surface area contributed by atoms with Crippen LogP contribution in [-0.2, 0) is 12.8 Å². The van der Waals surface area contributed by atoms with E-state index in [1.807, 2.05) is 55.1 Å². The number of rotatable bonds is 4. The van der Waals surface area contributed by atoms with Gasteiger partial charge >= 0.3 is 0 Å². The van der Waals surface area contributed by atoms with Crippen LogP contribution < -0.4 is 0 Å². The van der Waals surface area contributed by atoms with Gasteiger partial charge in [0, 0.05) is 30.8 Å². The van der Waals surface area contributed by atoms with Gasteiger partial charge in [0.05, 0.1) is 11.4 Å². The zero-order chi connectivity index (χ0) is 14.8. The highest BCUT2D eigenvalue weighted by Crippen LogP contribution is 2.29. The van der Waals surface area contributed by atoms with Crippen molar-refractivity contribution in [2.24, 2.45) is 7.05 Å². The van der Waals surface area contributed by atoms with Crippen molar-refractivity contribution in [3.63, 3.8) is 0 Å². The molecule has 0 amide bonds. The van der Waals surface area contributed by atoms with Crippen LogP contribution in [0.1, 0.15) is 11.3 Å². The first-order valence-electron chi connectivity index (χ1n) is 6.56. The maximum Gasteiger partial charge on any atom is 0.167 e. The SMILES string of the molecule is Cc1nn(-c2ccccc2)c(Cl)c1CSc1nccn1C. The molecule has 0 saturated carbocycles. The summed E-state index contributed by atoms with van der Waals surface area (Å²) in [5.41, 5.74) is 2.97. The molecule has 0 fully saturated rings. The van der Waals surface area contributed by atoms with E-state index in [-0.39, 0.29) is 0 Å². The largest absolute Gasteiger partial charge is 0.329 e. The van der Waals surface area contributed by atoms with E-state index in [1.54, 1.807) is 22.6 Å². The number of benzene rings is 1. The predicted octanol–water partition coefficient (Wildman–Crippen LogP) is 3.86. The van der Waals surface area contributed by atoms with Gasteiger partial charge in [0.15, 0.2) is 5.16 Å². The first-order chi connectivity index (χ1) is 10.2. The zero-order valence-electron chi connectivity index (χ0n) is 11.8. The standard InChI is InChI=1S/C15H15ClN4S/c1-11-13(10-21-15-17-8-9-19(15)2)14(16)20(18-11)12-6-4-3-5-7-12/h3-9H,10H2,1-2H3. The molecule has 0 atom stereocenters. The first kappa shape index (κ1) is 14.2. The van der Waals surface area contributed by atoms with Crippen LogP contribution in [0.2, 0.25) is 5.15 Å². The highest BCUT2D eigenvalue weighted by Gasteiger charge is 2.15. The number of nitrogens with zero attached hydrogens (tertiary/aromatic N) is 4. The number of aryl methyl sites for hydroxylation is 2. The number of halogens is 1. The summed E-state index contributed by atoms with van der Waals surface area (Å²) in [5.74, 6) is 0.752. The summed E-state index contributed by atoms with van der Waals surface area (Å²) >= 11 is 8.16. The number of para-hydroxylation sites is 1. The maximum atomic E-state index is 6.50. The molecule has 0 unspecified atom stereocenters. The third-order valence-corrected chi connectivity index (χ3v) is 4.72. The zero-order valence-corrected chi connectivity index (χ0v) is 13.4. The van der Waals surface area contributed by atoms with Crippen molar-refractivity contribution in [3.05, 3.63) is 59.1 Å². The van der Waals surface area contributed by atoms with Gasteiger partial charge < -0.3 is 4.57 Å². The minimum absolute atomic E-state index is 0.667. The summed E-state index contributed by atoms with van der Waals surface area (Å²) in [6, 6.07) is 9.92. The molecule has 21 heavy (non-hydrogen) atoms. The van der Waals surface area contributed by atoms with Gasteiger partial charge in [0.1, 0.15) is 5.15 Å². The van der Waals surface area contributed by atoms with E-state index < -0.39 is 0 Å². The van der Waals surface area contributed by atoms with Crippen LogP contribution in [0.3, 0.4) is 0 Å². The Morgan fingerprint density at radius 2 is 2.00 bits per heavy atom. The molecule has 0 aliphatic rings. The Balaban J connectivity index is 1.87. The topological polar surface area (TPSA) is 35.6 Å². The lowest BCUT2D eigenvalue weighted by Crippen LogP contribution is -1.96. The molecule has 0 bridgehead atoms. The molecule has 0 N–H and O–H groups in total. The monoisotopic (exact) mass is 318 g/mol. The van der Waals surface area contributed by atoms with Gasteiger partial charge in [0.25, 0.3) is 0 Å². The average Bonchev–Trinajstić information content (AvgIpc) is 3.02. The first-order valence-corrected chi connectivity index (χ1v) is 7.92. The van der Waals surface area contributed by atoms with Gasteiger partial charge in [-0.25, -0.2) is 9.67 Å². The van der Waals surface area contributed by atoms with Crippen LogP contribution in [0.4, 0.5) is 0 Å². The second kappa shape index (κ2) is 5.95. The third-order valence-electron chi connectivity index (χ3n) is 3.25. The Labute approximate surface area is 132 Å². The van der Waals surface area contributed by atoms with E-state index >= 15 is 0 Å². The molecule has 0 aliphatic carbocycles. The molecule has 6 heteroatoms. The van der Waals surface area contributed by atoms with E-state index in [0.717, 1.165) is 27.9 Å². The normalized spacial score (nSPS) is 11.0. The summed E-state index contributed by atoms with van der Waals surface area (Å²) in [6.45, 7) is 1.99. The quantitative estimate of drug-likeness (QED) is 0.685. The lowest BCUT2D eigenvalue weighted by Gasteiger charge is -2.04. The third kappa shape index (κ3) is 2.84. The van der Waals surface area contributed by atoms with Crippen molar-refractivity contribution in [2.75, 3.05) is 0 Å². The summed E-state index contributed by atoms with van der Waals surface area (Å²) in [7, 11) is 1.98. The van der Waals surface area contributed by atoms with Crippen LogP contribution in [0.15, 0.2) is 47.9 Å². The number of hydrogen-bond donors (Lipinski definition) is 0. The molecule has 1 aromatic carbocycles. The Morgan fingerprint density at radius 1 is 1.24 bits per heavy atom. The van der Waals surface area contributed by atoms with Gasteiger partial charge in [-0.3, -0.25) is 0 Å². The highest BCUT2D eigenvalue weighted by atomic mass is 35.5. The fourth-order valence-electron chi connectivity index (χ4n) is 2.06. The fourth-order valence-corrected chi connectivity index (χ4v) is 3.50. The Bertz CT molecular complexity index is 748. The van der Waals surface area contributed by atoms with Gasteiger partial charge in [-0.05, 0) is 19.1 Å². The van der Waals surface area contributed by atoms with Crippen molar-refractivity contribution in [1.82, 2.24) is 19.3 Å². The molecule has 2 heterocycles. The Hall–Kier alpha value is -1.72. The molecule has 3 aromatic rings. The smallest absolute Gasteiger partial charge is 0.167 e. The fraction of sp³-hybridized carbons (Fsp3) is 0.200. The Morgan fingerprint density at radius 3 is 2.67 bits per heavy atom. The molecule has 0 radical (unpaired) electrons. The van der Waals surface area contributed by atoms with Gasteiger partial charge in [-0.15, -0.1) is 0 Å². The minimum Gasteiger partial charge on any atom is -0.329 e. The molecule has 3 rings (SSSR count). The van der Waals surface area contributed by atoms with Gasteiger partial charge in [0.2, 0.25) is 0 Å². The average molecular weight is 319 g/mol. The van der Waals surface area contributed by atoms with Crippen molar-refractivity contribution in [3.8, 4) is 5.69 Å². The highest BCUT2D eigenvalue weighted by molar-refractivity contribution is 7.98. The van der Waals surface area contributed by atoms with Crippen molar-refractivity contribution >= 4 is 23.4 Å². The number of hydrogen-bond acceptors (Lipinski definition) is 3.